The third-order valence-corrected chi connectivity index (χ3v) is 30.2. The summed E-state index contributed by atoms with van der Waals surface area (Å²) in [5, 5.41) is 12.7. The van der Waals surface area contributed by atoms with Gasteiger partial charge in [-0.2, -0.15) is 0 Å². The molecule has 8 heterocycles. The molecule has 3 aliphatic heterocycles. The number of para-hydroxylation sites is 2. The summed E-state index contributed by atoms with van der Waals surface area (Å²) in [6.45, 7) is 21.3. The van der Waals surface area contributed by atoms with E-state index in [1.807, 2.05) is 34.0 Å². The third-order valence-electron chi connectivity index (χ3n) is 26.8. The fourth-order valence-corrected chi connectivity index (χ4v) is 24.0. The summed E-state index contributed by atoms with van der Waals surface area (Å²) in [5.74, 6) is 0. The van der Waals surface area contributed by atoms with Gasteiger partial charge in [-0.25, -0.2) is 0 Å². The number of benzene rings is 17. The minimum Gasteiger partial charge on any atom is -0.310 e. The summed E-state index contributed by atoms with van der Waals surface area (Å²) in [4.78, 5) is 5.58. The standard InChI is InChI=1S/C114H83BN4S3/c1-112(2,3)74-54-83(66-26-12-10-13-27-66)110-85(56-74)72-32-24-30-68(50-72)70-42-48-105-89(52-70)90-53-71(43-49-106(90)120-105)69-31-25-33-73(51-69)86-57-75(113(4,5)6)55-84(67-28-14-11-15-29-67)111(86)119-100-61-78(117-96-39-21-17-35-80(96)88-63-92-82-37-19-23-41-104(82)122-108(92)65-98(88)117)45-47-94(100)115-93-46-44-77(60-99(93)118(110)101-58-76(114(7,8)9)59-102(119)109(101)115)116-95-38-20-16-34-79(95)87-62-91-81-36-18-22-40-103(81)121-107(91)64-97(87)116/h10-65H,1-9H3. The number of hydrogen-bond acceptors (Lipinski definition) is 5. The molecule has 3 aliphatic rings. The molecule has 0 amide bonds. The normalized spacial score (nSPS) is 13.2. The van der Waals surface area contributed by atoms with E-state index in [4.69, 9.17) is 0 Å². The third kappa shape index (κ3) is 10.8. The molecule has 0 fully saturated rings. The topological polar surface area (TPSA) is 16.3 Å². The van der Waals surface area contributed by atoms with Crippen molar-refractivity contribution in [2.45, 2.75) is 78.6 Å². The Hall–Kier alpha value is -13.3. The van der Waals surface area contributed by atoms with Crippen LogP contribution in [-0.4, -0.2) is 15.8 Å². The molecule has 0 saturated carbocycles. The molecule has 25 rings (SSSR count). The number of fused-ring (bicyclic) bond motifs is 32. The van der Waals surface area contributed by atoms with E-state index in [1.54, 1.807) is 0 Å². The second-order valence-electron chi connectivity index (χ2n) is 37.2. The van der Waals surface area contributed by atoms with Gasteiger partial charge in [-0.1, -0.05) is 256 Å². The first kappa shape index (κ1) is 71.6. The van der Waals surface area contributed by atoms with Gasteiger partial charge in [-0.3, -0.25) is 0 Å². The van der Waals surface area contributed by atoms with E-state index in [0.717, 1.165) is 90.0 Å². The minimum atomic E-state index is -0.383. The summed E-state index contributed by atoms with van der Waals surface area (Å²) in [5.41, 5.74) is 34.2. The molecule has 4 nitrogen and oxygen atoms in total. The molecule has 0 aliphatic carbocycles. The van der Waals surface area contributed by atoms with Crippen molar-refractivity contribution < 1.29 is 0 Å². The van der Waals surface area contributed by atoms with Crippen molar-refractivity contribution in [3.63, 3.8) is 0 Å². The maximum Gasteiger partial charge on any atom is 0.252 e. The Bertz CT molecular complexity index is 7820. The zero-order valence-electron chi connectivity index (χ0n) is 69.4. The van der Waals surface area contributed by atoms with Crippen LogP contribution in [0, 0.1) is 0 Å². The molecule has 0 radical (unpaired) electrons. The van der Waals surface area contributed by atoms with Crippen molar-refractivity contribution in [3.8, 4) is 78.1 Å². The minimum absolute atomic E-state index is 0.259. The first-order valence-corrected chi connectivity index (χ1v) is 45.2. The number of nitrogens with zero attached hydrogens (tertiary/aromatic N) is 4. The van der Waals surface area contributed by atoms with Gasteiger partial charge in [0, 0.05) is 138 Å². The molecular formula is C114H83BN4S3. The zero-order chi connectivity index (χ0) is 81.7. The molecule has 5 aromatic heterocycles. The second kappa shape index (κ2) is 26.1. The second-order valence-corrected chi connectivity index (χ2v) is 40.4. The number of rotatable bonds is 4. The molecule has 0 N–H and O–H groups in total. The number of thiophene rings is 3. The molecule has 8 heteroatoms. The Kier molecular flexibility index (Phi) is 15.3. The molecule has 0 spiro atoms. The number of aromatic nitrogens is 2. The van der Waals surface area contributed by atoms with Crippen LogP contribution in [-0.2, 0) is 16.2 Å². The van der Waals surface area contributed by atoms with Crippen LogP contribution in [0.15, 0.2) is 340 Å². The van der Waals surface area contributed by atoms with E-state index in [1.165, 1.54) is 159 Å². The van der Waals surface area contributed by atoms with Gasteiger partial charge in [0.05, 0.1) is 33.4 Å². The first-order chi connectivity index (χ1) is 59.3. The smallest absolute Gasteiger partial charge is 0.252 e. The lowest BCUT2D eigenvalue weighted by Gasteiger charge is -2.47. The van der Waals surface area contributed by atoms with Crippen LogP contribution in [0.2, 0.25) is 0 Å². The van der Waals surface area contributed by atoms with E-state index in [-0.39, 0.29) is 23.0 Å². The fraction of sp³-hybridized carbons (Fsp3) is 0.105. The lowest BCUT2D eigenvalue weighted by Crippen LogP contribution is -2.61. The highest BCUT2D eigenvalue weighted by molar-refractivity contribution is 7.26. The number of anilines is 6. The number of hydrogen-bond donors (Lipinski definition) is 0. The van der Waals surface area contributed by atoms with Gasteiger partial charge in [-0.15, -0.1) is 34.0 Å². The average molecular weight is 1620 g/mol. The summed E-state index contributed by atoms with van der Waals surface area (Å²) >= 11 is 5.66. The highest BCUT2D eigenvalue weighted by Crippen LogP contribution is 2.57. The van der Waals surface area contributed by atoms with Crippen molar-refractivity contribution in [1.82, 2.24) is 9.13 Å². The highest BCUT2D eigenvalue weighted by atomic mass is 32.1. The van der Waals surface area contributed by atoms with Crippen molar-refractivity contribution in [3.05, 3.63) is 356 Å². The van der Waals surface area contributed by atoms with Crippen molar-refractivity contribution in [2.24, 2.45) is 0 Å². The Morgan fingerprint density at radius 3 is 1.00 bits per heavy atom. The molecule has 0 unspecified atom stereocenters. The lowest BCUT2D eigenvalue weighted by atomic mass is 9.33. The maximum atomic E-state index is 2.79. The summed E-state index contributed by atoms with van der Waals surface area (Å²) in [7, 11) is 0. The summed E-state index contributed by atoms with van der Waals surface area (Å²) < 4.78 is 12.9. The SMILES string of the molecule is CC(C)(C)c1cc(-c2ccccc2)c2c(c1)-c1cccc(c1)-c1ccc3sc4ccc(cc4c3c1)-c1cccc(c1)-c1cc(C(C)(C)C)cc(-c3ccccc3)c1N1c3cc(-n4c5ccccc5c5cc6c(cc54)sc4ccccc46)ccc3B3c4ccc(-n5c6ccccc6c6cc7c(cc65)sc5ccccc57)cc4N2c2cc(C(C)(C)C)cc1c23. The zero-order valence-corrected chi connectivity index (χ0v) is 71.9. The Morgan fingerprint density at radius 1 is 0.221 bits per heavy atom. The fourth-order valence-electron chi connectivity index (χ4n) is 20.7. The molecule has 17 aromatic carbocycles. The van der Waals surface area contributed by atoms with E-state index < -0.39 is 0 Å². The lowest BCUT2D eigenvalue weighted by molar-refractivity contribution is 0.590. The highest BCUT2D eigenvalue weighted by Gasteiger charge is 2.47. The van der Waals surface area contributed by atoms with Crippen LogP contribution in [0.5, 0.6) is 0 Å². The molecule has 122 heavy (non-hydrogen) atoms. The van der Waals surface area contributed by atoms with E-state index in [0.29, 0.717) is 0 Å². The predicted molar refractivity (Wildman–Crippen MR) is 530 cm³/mol. The molecule has 0 saturated heterocycles. The largest absolute Gasteiger partial charge is 0.310 e. The summed E-state index contributed by atoms with van der Waals surface area (Å²) in [6.07, 6.45) is 0. The van der Waals surface area contributed by atoms with Crippen LogP contribution in [0.3, 0.4) is 0 Å². The monoisotopic (exact) mass is 1610 g/mol. The average Bonchev–Trinajstić information content (AvgIpc) is 0.713. The van der Waals surface area contributed by atoms with Crippen LogP contribution in [0.25, 0.3) is 182 Å². The van der Waals surface area contributed by atoms with Crippen LogP contribution < -0.4 is 26.2 Å². The maximum absolute atomic E-state index is 2.79. The van der Waals surface area contributed by atoms with Crippen molar-refractivity contribution >= 4 is 195 Å². The van der Waals surface area contributed by atoms with Gasteiger partial charge in [0.25, 0.3) is 6.71 Å². The molecule has 580 valence electrons. The van der Waals surface area contributed by atoms with Gasteiger partial charge in [-0.05, 0) is 239 Å². The molecule has 22 aromatic rings. The van der Waals surface area contributed by atoms with Gasteiger partial charge in [0.15, 0.2) is 0 Å². The Morgan fingerprint density at radius 2 is 0.566 bits per heavy atom. The van der Waals surface area contributed by atoms with Crippen LogP contribution in [0.1, 0.15) is 79.0 Å². The summed E-state index contributed by atoms with van der Waals surface area (Å²) in [6, 6.07) is 133. The Labute approximate surface area is 721 Å². The quantitative estimate of drug-likeness (QED) is 0.163. The predicted octanol–water partition coefficient (Wildman–Crippen LogP) is 31.3. The van der Waals surface area contributed by atoms with Crippen LogP contribution >= 0.6 is 34.0 Å². The van der Waals surface area contributed by atoms with Gasteiger partial charge >= 0.3 is 0 Å². The molecule has 0 atom stereocenters. The molecular weight excluding hydrogens is 1530 g/mol. The van der Waals surface area contributed by atoms with E-state index >= 15 is 0 Å². The van der Waals surface area contributed by atoms with Gasteiger partial charge < -0.3 is 18.9 Å². The van der Waals surface area contributed by atoms with Gasteiger partial charge in [0.2, 0.25) is 0 Å². The Balaban J connectivity index is 0.875. The van der Waals surface area contributed by atoms with Crippen LogP contribution in [0.4, 0.5) is 34.1 Å². The first-order valence-electron chi connectivity index (χ1n) is 42.8. The molecule has 13 bridgehead atoms. The van der Waals surface area contributed by atoms with E-state index in [2.05, 4.69) is 421 Å². The van der Waals surface area contributed by atoms with Crippen molar-refractivity contribution in [1.29, 1.82) is 0 Å². The van der Waals surface area contributed by atoms with E-state index in [9.17, 15) is 0 Å². The van der Waals surface area contributed by atoms with Crippen molar-refractivity contribution in [2.75, 3.05) is 9.80 Å². The van der Waals surface area contributed by atoms with Gasteiger partial charge in [0.1, 0.15) is 0 Å².